The maximum atomic E-state index is 6.25. The van der Waals surface area contributed by atoms with Crippen molar-refractivity contribution in [2.45, 2.75) is 30.8 Å². The van der Waals surface area contributed by atoms with Gasteiger partial charge < -0.3 is 4.57 Å². The fourth-order valence-electron chi connectivity index (χ4n) is 2.32. The molecule has 0 aliphatic carbocycles. The van der Waals surface area contributed by atoms with Gasteiger partial charge in [-0.05, 0) is 36.2 Å². The van der Waals surface area contributed by atoms with Crippen LogP contribution in [0.15, 0.2) is 47.9 Å². The van der Waals surface area contributed by atoms with Crippen LogP contribution < -0.4 is 0 Å². The first-order valence-electron chi connectivity index (χ1n) is 7.59. The van der Waals surface area contributed by atoms with E-state index < -0.39 is 0 Å². The van der Waals surface area contributed by atoms with Gasteiger partial charge in [0.25, 0.3) is 0 Å². The van der Waals surface area contributed by atoms with Gasteiger partial charge in [0.1, 0.15) is 0 Å². The molecule has 0 unspecified atom stereocenters. The number of hydrogen-bond acceptors (Lipinski definition) is 4. The highest BCUT2D eigenvalue weighted by atomic mass is 35.5. The van der Waals surface area contributed by atoms with Crippen LogP contribution in [0.4, 0.5) is 0 Å². The smallest absolute Gasteiger partial charge is 0.191 e. The summed E-state index contributed by atoms with van der Waals surface area (Å²) < 4.78 is 2.14. The average molecular weight is 379 g/mol. The Hall–Kier alpha value is -1.56. The first kappa shape index (κ1) is 17.3. The van der Waals surface area contributed by atoms with E-state index in [1.165, 1.54) is 0 Å². The van der Waals surface area contributed by atoms with E-state index in [1.54, 1.807) is 30.2 Å². The Morgan fingerprint density at radius 2 is 1.88 bits per heavy atom. The van der Waals surface area contributed by atoms with Crippen LogP contribution in [0, 0.1) is 0 Å². The molecule has 0 aliphatic rings. The molecule has 0 fully saturated rings. The lowest BCUT2D eigenvalue weighted by molar-refractivity contribution is 0.626. The minimum atomic E-state index is 0.642. The molecule has 124 valence electrons. The molecule has 3 aromatic rings. The van der Waals surface area contributed by atoms with Crippen LogP contribution in [0.3, 0.4) is 0 Å². The minimum absolute atomic E-state index is 0.642. The van der Waals surface area contributed by atoms with Crippen molar-refractivity contribution >= 4 is 35.0 Å². The summed E-state index contributed by atoms with van der Waals surface area (Å²) in [6.07, 6.45) is 4.53. The van der Waals surface area contributed by atoms with Gasteiger partial charge in [-0.1, -0.05) is 48.0 Å². The Balaban J connectivity index is 1.84. The molecule has 1 aromatic carbocycles. The van der Waals surface area contributed by atoms with Crippen LogP contribution in [0.5, 0.6) is 0 Å². The lowest BCUT2D eigenvalue weighted by atomic mass is 10.2. The van der Waals surface area contributed by atoms with Gasteiger partial charge in [0, 0.05) is 40.3 Å². The topological polar surface area (TPSA) is 43.6 Å². The highest BCUT2D eigenvalue weighted by Crippen LogP contribution is 2.30. The molecule has 3 rings (SSSR count). The van der Waals surface area contributed by atoms with Crippen LogP contribution in [0.1, 0.15) is 18.9 Å². The number of thioether (sulfide) groups is 1. The molecule has 0 amide bonds. The van der Waals surface area contributed by atoms with E-state index in [1.807, 2.05) is 24.3 Å². The van der Waals surface area contributed by atoms with E-state index in [0.717, 1.165) is 35.1 Å². The van der Waals surface area contributed by atoms with E-state index in [9.17, 15) is 0 Å². The summed E-state index contributed by atoms with van der Waals surface area (Å²) in [5, 5.41) is 10.9. The first-order valence-corrected chi connectivity index (χ1v) is 9.33. The second-order valence-corrected chi connectivity index (χ2v) is 7.00. The maximum absolute atomic E-state index is 6.25. The molecule has 0 radical (unpaired) electrons. The fourth-order valence-corrected chi connectivity index (χ4v) is 3.84. The standard InChI is InChI=1S/C17H16Cl2N4S/c1-2-9-23-16(12-5-7-20-8-6-12)21-22-17(23)24-11-13-3-4-14(18)10-15(13)19/h3-8,10H,2,9,11H2,1H3. The summed E-state index contributed by atoms with van der Waals surface area (Å²) >= 11 is 13.8. The van der Waals surface area contributed by atoms with Crippen molar-refractivity contribution in [3.05, 3.63) is 58.3 Å². The van der Waals surface area contributed by atoms with E-state index in [0.29, 0.717) is 15.8 Å². The number of nitrogens with zero attached hydrogens (tertiary/aromatic N) is 4. The second kappa shape index (κ2) is 8.01. The van der Waals surface area contributed by atoms with Gasteiger partial charge in [-0.3, -0.25) is 4.98 Å². The quantitative estimate of drug-likeness (QED) is 0.542. The molecule has 2 aromatic heterocycles. The molecule has 0 atom stereocenters. The Morgan fingerprint density at radius 1 is 1.08 bits per heavy atom. The summed E-state index contributed by atoms with van der Waals surface area (Å²) in [6, 6.07) is 9.45. The Morgan fingerprint density at radius 3 is 2.58 bits per heavy atom. The average Bonchev–Trinajstić information content (AvgIpc) is 2.98. The van der Waals surface area contributed by atoms with E-state index >= 15 is 0 Å². The molecule has 24 heavy (non-hydrogen) atoms. The highest BCUT2D eigenvalue weighted by Gasteiger charge is 2.14. The lowest BCUT2D eigenvalue weighted by Gasteiger charge is -2.09. The molecular weight excluding hydrogens is 363 g/mol. The summed E-state index contributed by atoms with van der Waals surface area (Å²) in [5.41, 5.74) is 2.05. The highest BCUT2D eigenvalue weighted by molar-refractivity contribution is 7.98. The number of hydrogen-bond donors (Lipinski definition) is 0. The van der Waals surface area contributed by atoms with Crippen LogP contribution >= 0.6 is 35.0 Å². The summed E-state index contributed by atoms with van der Waals surface area (Å²) in [5.74, 6) is 1.58. The van der Waals surface area contributed by atoms with Gasteiger partial charge in [0.15, 0.2) is 11.0 Å². The molecule has 2 heterocycles. The molecule has 0 bridgehead atoms. The molecule has 0 aliphatic heterocycles. The third-order valence-electron chi connectivity index (χ3n) is 3.47. The van der Waals surface area contributed by atoms with Crippen LogP contribution in [0.2, 0.25) is 10.0 Å². The Kier molecular flexibility index (Phi) is 5.76. The zero-order chi connectivity index (χ0) is 16.9. The molecule has 0 saturated carbocycles. The van der Waals surface area contributed by atoms with E-state index in [-0.39, 0.29) is 0 Å². The van der Waals surface area contributed by atoms with Crippen molar-refractivity contribution in [3.8, 4) is 11.4 Å². The van der Waals surface area contributed by atoms with Gasteiger partial charge in [-0.15, -0.1) is 10.2 Å². The molecule has 4 nitrogen and oxygen atoms in total. The number of pyridine rings is 1. The molecule has 0 saturated heterocycles. The van der Waals surface area contributed by atoms with Crippen molar-refractivity contribution in [2.75, 3.05) is 0 Å². The first-order chi connectivity index (χ1) is 11.7. The van der Waals surface area contributed by atoms with Crippen molar-refractivity contribution in [3.63, 3.8) is 0 Å². The SMILES string of the molecule is CCCn1c(SCc2ccc(Cl)cc2Cl)nnc1-c1ccncc1. The fraction of sp³-hybridized carbons (Fsp3) is 0.235. The van der Waals surface area contributed by atoms with E-state index in [4.69, 9.17) is 23.2 Å². The number of halogens is 2. The predicted molar refractivity (Wildman–Crippen MR) is 99.6 cm³/mol. The minimum Gasteiger partial charge on any atom is -0.302 e. The molecular formula is C17H16Cl2N4S. The zero-order valence-electron chi connectivity index (χ0n) is 13.1. The van der Waals surface area contributed by atoms with Crippen LogP contribution in [-0.4, -0.2) is 19.7 Å². The number of benzene rings is 1. The maximum Gasteiger partial charge on any atom is 0.191 e. The normalized spacial score (nSPS) is 11.0. The van der Waals surface area contributed by atoms with Crippen molar-refractivity contribution in [1.29, 1.82) is 0 Å². The molecule has 7 heteroatoms. The number of aromatic nitrogens is 4. The van der Waals surface area contributed by atoms with Crippen LogP contribution in [-0.2, 0) is 12.3 Å². The molecule has 0 spiro atoms. The summed E-state index contributed by atoms with van der Waals surface area (Å²) in [4.78, 5) is 4.06. The Bertz CT molecular complexity index is 821. The molecule has 0 N–H and O–H groups in total. The third-order valence-corrected chi connectivity index (χ3v) is 5.08. The van der Waals surface area contributed by atoms with Gasteiger partial charge in [-0.25, -0.2) is 0 Å². The van der Waals surface area contributed by atoms with Gasteiger partial charge in [0.05, 0.1) is 0 Å². The largest absolute Gasteiger partial charge is 0.302 e. The second-order valence-electron chi connectivity index (χ2n) is 5.22. The predicted octanol–water partition coefficient (Wildman–Crippen LogP) is 5.35. The van der Waals surface area contributed by atoms with Crippen molar-refractivity contribution in [1.82, 2.24) is 19.7 Å². The van der Waals surface area contributed by atoms with Crippen molar-refractivity contribution < 1.29 is 0 Å². The lowest BCUT2D eigenvalue weighted by Crippen LogP contribution is -2.02. The Labute approximate surface area is 155 Å². The van der Waals surface area contributed by atoms with Gasteiger partial charge >= 0.3 is 0 Å². The number of rotatable bonds is 6. The summed E-state index contributed by atoms with van der Waals surface area (Å²) in [7, 11) is 0. The van der Waals surface area contributed by atoms with Crippen molar-refractivity contribution in [2.24, 2.45) is 0 Å². The third kappa shape index (κ3) is 3.91. The summed E-state index contributed by atoms with van der Waals surface area (Å²) in [6.45, 7) is 3.00. The van der Waals surface area contributed by atoms with Crippen LogP contribution in [0.25, 0.3) is 11.4 Å². The van der Waals surface area contributed by atoms with E-state index in [2.05, 4.69) is 26.7 Å². The monoisotopic (exact) mass is 378 g/mol. The van der Waals surface area contributed by atoms with Gasteiger partial charge in [-0.2, -0.15) is 0 Å². The van der Waals surface area contributed by atoms with Gasteiger partial charge in [0.2, 0.25) is 0 Å². The zero-order valence-corrected chi connectivity index (χ0v) is 15.4.